The average Bonchev–Trinajstić information content (AvgIpc) is 0.768. The quantitative estimate of drug-likeness (QED) is 0.0194. The highest BCUT2D eigenvalue weighted by molar-refractivity contribution is 5.48. The molecule has 576 valence electrons. The van der Waals surface area contributed by atoms with Gasteiger partial charge in [-0.15, -0.1) is 0 Å². The maximum absolute atomic E-state index is 10.7. The molecule has 0 aliphatic heterocycles. The summed E-state index contributed by atoms with van der Waals surface area (Å²) in [5.41, 5.74) is 9.60. The molecule has 0 spiro atoms. The number of aromatic hydroxyl groups is 4. The number of unbranched alkanes of at least 4 members (excludes halogenated alkanes) is 1. The van der Waals surface area contributed by atoms with Crippen molar-refractivity contribution in [1.82, 2.24) is 21.3 Å². The molecule has 2 saturated carbocycles. The Morgan fingerprint density at radius 2 is 0.738 bits per heavy atom. The molecule has 12 atom stereocenters. The van der Waals surface area contributed by atoms with E-state index >= 15 is 0 Å². The van der Waals surface area contributed by atoms with E-state index in [-0.39, 0.29) is 33.7 Å². The highest BCUT2D eigenvalue weighted by atomic mass is 16.6. The van der Waals surface area contributed by atoms with Gasteiger partial charge in [0, 0.05) is 72.0 Å². The summed E-state index contributed by atoms with van der Waals surface area (Å²) in [4.78, 5) is 0. The number of benzene rings is 4. The second kappa shape index (κ2) is 39.6. The van der Waals surface area contributed by atoms with Gasteiger partial charge in [0.05, 0.1) is 111 Å². The molecule has 4 aromatic rings. The fraction of sp³-hybridized carbons (Fsp3) is 0.724. The molecule has 0 saturated heterocycles. The Labute approximate surface area is 620 Å². The van der Waals surface area contributed by atoms with E-state index in [1.807, 2.05) is 48.5 Å². The standard InChI is InChI=1S/C87H136N4O12/c1-9-13-32-84(6)76-56-72(93)27-23-64(76)51-63(12-4)79(84)88-35-39-96-43-47-100-59-87(60-101-48-44-97-40-36-89-80-68(20-10-2)52-65-24-28-71(92)55-75(65)83(80,5)31-11-3,61-102-49-45-98-41-37-90-81-69-21-16-14-18-33-85(81,7)77-57-73(94)29-25-66(77)53-69)62-103-50-46-99-42-38-91-82-70-22-17-15-19-34-86(82,8)78-58-74(95)30-26-67(78)54-70/h23-30,55-58,63,68-70,79-82,88-95H,9-22,31-54,59-62H2,1-8H3/t63-,68-,69-,70-,79-,80-,81-,82-,83+,84+,85+,86+/m0/s1. The van der Waals surface area contributed by atoms with E-state index < -0.39 is 5.41 Å². The fourth-order valence-corrected chi connectivity index (χ4v) is 20.4. The third kappa shape index (κ3) is 20.7. The zero-order valence-corrected chi connectivity index (χ0v) is 64.8. The lowest BCUT2D eigenvalue weighted by Gasteiger charge is -2.49. The first-order chi connectivity index (χ1) is 50.0. The molecule has 2 fully saturated rings. The molecule has 0 radical (unpaired) electrons. The van der Waals surface area contributed by atoms with Crippen molar-refractivity contribution in [2.45, 2.75) is 242 Å². The predicted molar refractivity (Wildman–Crippen MR) is 413 cm³/mol. The lowest BCUT2D eigenvalue weighted by Crippen LogP contribution is -2.56. The normalized spacial score (nSPS) is 27.6. The third-order valence-electron chi connectivity index (χ3n) is 25.5. The van der Waals surface area contributed by atoms with E-state index in [1.165, 1.54) is 95.9 Å². The number of hydrogen-bond acceptors (Lipinski definition) is 16. The van der Waals surface area contributed by atoms with E-state index in [0.717, 1.165) is 103 Å². The van der Waals surface area contributed by atoms with Gasteiger partial charge >= 0.3 is 0 Å². The molecule has 16 nitrogen and oxygen atoms in total. The first kappa shape index (κ1) is 81.1. The summed E-state index contributed by atoms with van der Waals surface area (Å²) < 4.78 is 52.0. The lowest BCUT2D eigenvalue weighted by atomic mass is 9.59. The Hall–Kier alpha value is -4.40. The summed E-state index contributed by atoms with van der Waals surface area (Å²) in [5, 5.41) is 58.6. The molecular weight excluding hydrogens is 1290 g/mol. The first-order valence-corrected chi connectivity index (χ1v) is 40.9. The predicted octanol–water partition coefficient (Wildman–Crippen LogP) is 14.4. The molecular formula is C87H136N4O12. The highest BCUT2D eigenvalue weighted by Crippen LogP contribution is 2.51. The minimum absolute atomic E-state index is 0.0623. The van der Waals surface area contributed by atoms with Crippen LogP contribution in [0, 0.1) is 29.1 Å². The molecule has 10 rings (SSSR count). The van der Waals surface area contributed by atoms with Crippen LogP contribution in [0.1, 0.15) is 215 Å². The second-order valence-corrected chi connectivity index (χ2v) is 33.0. The topological polar surface area (TPSA) is 203 Å². The monoisotopic (exact) mass is 1430 g/mol. The van der Waals surface area contributed by atoms with Gasteiger partial charge in [0.25, 0.3) is 0 Å². The summed E-state index contributed by atoms with van der Waals surface area (Å²) in [7, 11) is 0. The zero-order chi connectivity index (χ0) is 72.7. The minimum Gasteiger partial charge on any atom is -0.508 e. The molecule has 0 amide bonds. The molecule has 4 aromatic carbocycles. The van der Waals surface area contributed by atoms with E-state index in [2.05, 4.69) is 101 Å². The van der Waals surface area contributed by atoms with Gasteiger partial charge in [0.1, 0.15) is 23.0 Å². The lowest BCUT2D eigenvalue weighted by molar-refractivity contribution is -0.121. The van der Waals surface area contributed by atoms with Gasteiger partial charge in [-0.2, -0.15) is 0 Å². The number of rotatable bonds is 44. The maximum atomic E-state index is 10.7. The van der Waals surface area contributed by atoms with Crippen molar-refractivity contribution in [1.29, 1.82) is 0 Å². The Balaban J connectivity index is 0.765. The van der Waals surface area contributed by atoms with Crippen LogP contribution in [0.2, 0.25) is 0 Å². The highest BCUT2D eigenvalue weighted by Gasteiger charge is 2.49. The van der Waals surface area contributed by atoms with Crippen molar-refractivity contribution >= 4 is 0 Å². The number of phenolic OH excluding ortho intramolecular Hbond substituents is 4. The number of nitrogens with one attached hydrogen (secondary N) is 4. The Morgan fingerprint density at radius 1 is 0.379 bits per heavy atom. The second-order valence-electron chi connectivity index (χ2n) is 33.0. The smallest absolute Gasteiger partial charge is 0.115 e. The van der Waals surface area contributed by atoms with Crippen LogP contribution in [0.3, 0.4) is 0 Å². The molecule has 16 heteroatoms. The Morgan fingerprint density at radius 3 is 1.13 bits per heavy atom. The fourth-order valence-electron chi connectivity index (χ4n) is 20.4. The van der Waals surface area contributed by atoms with Crippen molar-refractivity contribution < 1.29 is 58.3 Å². The summed E-state index contributed by atoms with van der Waals surface area (Å²) in [6, 6.07) is 25.2. The number of hydrogen-bond donors (Lipinski definition) is 8. The Kier molecular flexibility index (Phi) is 31.2. The number of fused-ring (bicyclic) bond motifs is 10. The molecule has 103 heavy (non-hydrogen) atoms. The maximum Gasteiger partial charge on any atom is 0.115 e. The van der Waals surface area contributed by atoms with Gasteiger partial charge < -0.3 is 79.6 Å². The van der Waals surface area contributed by atoms with E-state index in [1.54, 1.807) is 0 Å². The minimum atomic E-state index is -0.688. The third-order valence-corrected chi connectivity index (χ3v) is 25.5. The molecule has 6 aliphatic carbocycles. The van der Waals surface area contributed by atoms with Gasteiger partial charge in [-0.05, 0) is 187 Å². The largest absolute Gasteiger partial charge is 0.508 e. The molecule has 0 heterocycles. The summed E-state index contributed by atoms with van der Waals surface area (Å²) in [6.45, 7) is 28.4. The zero-order valence-electron chi connectivity index (χ0n) is 64.8. The van der Waals surface area contributed by atoms with Crippen molar-refractivity contribution in [2.75, 3.05) is 132 Å². The van der Waals surface area contributed by atoms with Gasteiger partial charge in [-0.1, -0.05) is 150 Å². The van der Waals surface area contributed by atoms with Crippen LogP contribution in [0.25, 0.3) is 0 Å². The molecule has 0 aromatic heterocycles. The number of phenols is 4. The van der Waals surface area contributed by atoms with Crippen molar-refractivity contribution in [3.8, 4) is 23.0 Å². The van der Waals surface area contributed by atoms with Crippen LogP contribution in [0.4, 0.5) is 0 Å². The van der Waals surface area contributed by atoms with Crippen molar-refractivity contribution in [3.05, 3.63) is 117 Å². The van der Waals surface area contributed by atoms with Crippen LogP contribution in [0.5, 0.6) is 23.0 Å². The van der Waals surface area contributed by atoms with Crippen LogP contribution < -0.4 is 21.3 Å². The van der Waals surface area contributed by atoms with E-state index in [0.29, 0.717) is 178 Å². The molecule has 6 aliphatic rings. The van der Waals surface area contributed by atoms with Gasteiger partial charge in [-0.25, -0.2) is 0 Å². The van der Waals surface area contributed by atoms with Crippen LogP contribution in [-0.2, 0) is 85.2 Å². The molecule has 0 unspecified atom stereocenters. The van der Waals surface area contributed by atoms with Crippen molar-refractivity contribution in [3.63, 3.8) is 0 Å². The first-order valence-electron chi connectivity index (χ1n) is 40.9. The van der Waals surface area contributed by atoms with Crippen LogP contribution in [-0.4, -0.2) is 176 Å². The molecule has 4 bridgehead atoms. The Bertz CT molecular complexity index is 3090. The van der Waals surface area contributed by atoms with Gasteiger partial charge in [-0.3, -0.25) is 0 Å². The summed E-state index contributed by atoms with van der Waals surface area (Å²) in [5.74, 6) is 3.40. The SMILES string of the molecule is CCCC[C@]1(C)c2cc(O)ccc2C[C@H](CC)[C@@H]1NCCOCCOCC(COCCOCCN[C@H]1[C@@H](CCC)Cc2ccc(O)cc2[C@@]1(C)CCC)(COCCOCCN[C@H]1[C@H]2CCCCC[C@]1(C)c1cc(O)ccc1C2)COCCOCCN[C@H]1[C@H]2CCCCC[C@]1(C)c1cc(O)ccc1C2. The van der Waals surface area contributed by atoms with E-state index in [4.69, 9.17) is 37.9 Å². The van der Waals surface area contributed by atoms with Crippen LogP contribution in [0.15, 0.2) is 72.8 Å². The van der Waals surface area contributed by atoms with Crippen LogP contribution >= 0.6 is 0 Å². The van der Waals surface area contributed by atoms with E-state index in [9.17, 15) is 20.4 Å². The molecule has 8 N–H and O–H groups in total. The van der Waals surface area contributed by atoms with Gasteiger partial charge in [0.2, 0.25) is 0 Å². The van der Waals surface area contributed by atoms with Gasteiger partial charge in [0.15, 0.2) is 0 Å². The van der Waals surface area contributed by atoms with Crippen molar-refractivity contribution in [2.24, 2.45) is 29.1 Å². The summed E-state index contributed by atoms with van der Waals surface area (Å²) in [6.07, 6.45) is 24.8. The average molecular weight is 1430 g/mol. The summed E-state index contributed by atoms with van der Waals surface area (Å²) >= 11 is 0. The number of ether oxygens (including phenoxy) is 8.